The molecule has 1 saturated heterocycles. The summed E-state index contributed by atoms with van der Waals surface area (Å²) >= 11 is 0. The number of carbonyl (C=O) groups is 3. The number of carbonyl (C=O) groups excluding carboxylic acids is 3. The molecule has 1 aliphatic heterocycles. The van der Waals surface area contributed by atoms with Crippen LogP contribution in [0.5, 0.6) is 5.75 Å². The third kappa shape index (κ3) is 5.69. The van der Waals surface area contributed by atoms with Crippen LogP contribution in [0.1, 0.15) is 33.9 Å². The van der Waals surface area contributed by atoms with Gasteiger partial charge in [0.05, 0.1) is 0 Å². The molecule has 2 N–H and O–H groups in total. The Kier molecular flexibility index (Phi) is 7.15. The van der Waals surface area contributed by atoms with Crippen molar-refractivity contribution < 1.29 is 19.5 Å². The standard InChI is InChI=1S/C28H29N3O4/c1-19-7-9-21(10-8-19)15-29-25(33)17-30-18-26(34)31(16-22-11-13-23(32)14-12-22)27(28(30)35)24-6-4-3-5-20(24)2/h3-14,27,32H,15-18H2,1-2H3,(H,29,33). The Morgan fingerprint density at radius 3 is 2.29 bits per heavy atom. The number of rotatable bonds is 7. The summed E-state index contributed by atoms with van der Waals surface area (Å²) < 4.78 is 0. The molecule has 0 aromatic heterocycles. The third-order valence-corrected chi connectivity index (χ3v) is 6.22. The average molecular weight is 472 g/mol. The van der Waals surface area contributed by atoms with Gasteiger partial charge in [-0.25, -0.2) is 0 Å². The van der Waals surface area contributed by atoms with Crippen LogP contribution in [0.2, 0.25) is 0 Å². The van der Waals surface area contributed by atoms with Gasteiger partial charge < -0.3 is 20.2 Å². The molecule has 7 nitrogen and oxygen atoms in total. The van der Waals surface area contributed by atoms with Gasteiger partial charge in [-0.05, 0) is 48.2 Å². The number of aryl methyl sites for hydroxylation is 2. The number of phenolic OH excluding ortho intramolecular Hbond substituents is 1. The van der Waals surface area contributed by atoms with Gasteiger partial charge in [0, 0.05) is 13.1 Å². The molecule has 7 heteroatoms. The van der Waals surface area contributed by atoms with Crippen LogP contribution >= 0.6 is 0 Å². The fraction of sp³-hybridized carbons (Fsp3) is 0.250. The summed E-state index contributed by atoms with van der Waals surface area (Å²) in [6.45, 7) is 4.11. The van der Waals surface area contributed by atoms with Gasteiger partial charge in [0.1, 0.15) is 24.9 Å². The number of nitrogens with zero attached hydrogens (tertiary/aromatic N) is 2. The second kappa shape index (κ2) is 10.4. The van der Waals surface area contributed by atoms with E-state index in [-0.39, 0.29) is 43.1 Å². The topological polar surface area (TPSA) is 90.0 Å². The first-order chi connectivity index (χ1) is 16.8. The van der Waals surface area contributed by atoms with E-state index in [2.05, 4.69) is 5.32 Å². The molecule has 180 valence electrons. The highest BCUT2D eigenvalue weighted by Crippen LogP contribution is 2.31. The molecular weight excluding hydrogens is 442 g/mol. The summed E-state index contributed by atoms with van der Waals surface area (Å²) in [5.74, 6) is -0.712. The van der Waals surface area contributed by atoms with Crippen molar-refractivity contribution in [2.45, 2.75) is 33.0 Å². The number of piperazine rings is 1. The Morgan fingerprint density at radius 2 is 1.60 bits per heavy atom. The molecule has 0 aliphatic carbocycles. The summed E-state index contributed by atoms with van der Waals surface area (Å²) in [4.78, 5) is 42.4. The fourth-order valence-corrected chi connectivity index (χ4v) is 4.22. The molecule has 1 unspecified atom stereocenters. The summed E-state index contributed by atoms with van der Waals surface area (Å²) in [7, 11) is 0. The second-order valence-electron chi connectivity index (χ2n) is 8.90. The minimum atomic E-state index is -0.837. The van der Waals surface area contributed by atoms with Crippen LogP contribution < -0.4 is 5.32 Å². The van der Waals surface area contributed by atoms with E-state index < -0.39 is 6.04 Å². The van der Waals surface area contributed by atoms with E-state index >= 15 is 0 Å². The predicted molar refractivity (Wildman–Crippen MR) is 132 cm³/mol. The average Bonchev–Trinajstić information content (AvgIpc) is 2.84. The van der Waals surface area contributed by atoms with Crippen molar-refractivity contribution in [3.63, 3.8) is 0 Å². The van der Waals surface area contributed by atoms with E-state index in [0.717, 1.165) is 27.8 Å². The van der Waals surface area contributed by atoms with Crippen molar-refractivity contribution in [2.24, 2.45) is 0 Å². The molecule has 35 heavy (non-hydrogen) atoms. The third-order valence-electron chi connectivity index (χ3n) is 6.22. The van der Waals surface area contributed by atoms with Crippen molar-refractivity contribution in [1.82, 2.24) is 15.1 Å². The molecule has 1 atom stereocenters. The van der Waals surface area contributed by atoms with E-state index in [1.165, 1.54) is 4.90 Å². The lowest BCUT2D eigenvalue weighted by atomic mass is 9.96. The highest BCUT2D eigenvalue weighted by molar-refractivity contribution is 5.97. The van der Waals surface area contributed by atoms with E-state index in [0.29, 0.717) is 6.54 Å². The lowest BCUT2D eigenvalue weighted by Gasteiger charge is -2.40. The Bertz CT molecular complexity index is 1220. The highest BCUT2D eigenvalue weighted by Gasteiger charge is 2.41. The van der Waals surface area contributed by atoms with Gasteiger partial charge in [0.25, 0.3) is 5.91 Å². The molecule has 1 aliphatic rings. The molecule has 4 rings (SSSR count). The Morgan fingerprint density at radius 1 is 0.943 bits per heavy atom. The molecule has 1 heterocycles. The Labute approximate surface area is 205 Å². The molecule has 3 amide bonds. The maximum atomic E-state index is 13.6. The van der Waals surface area contributed by atoms with E-state index in [4.69, 9.17) is 0 Å². The Balaban J connectivity index is 1.53. The van der Waals surface area contributed by atoms with E-state index in [1.807, 2.05) is 62.4 Å². The second-order valence-corrected chi connectivity index (χ2v) is 8.90. The number of hydrogen-bond acceptors (Lipinski definition) is 4. The summed E-state index contributed by atoms with van der Waals surface area (Å²) in [6, 6.07) is 21.0. The van der Waals surface area contributed by atoms with Crippen LogP contribution in [0.15, 0.2) is 72.8 Å². The van der Waals surface area contributed by atoms with E-state index in [9.17, 15) is 19.5 Å². The molecule has 0 bridgehead atoms. The maximum absolute atomic E-state index is 13.6. The molecule has 0 spiro atoms. The molecule has 0 radical (unpaired) electrons. The first-order valence-electron chi connectivity index (χ1n) is 11.6. The van der Waals surface area contributed by atoms with Crippen molar-refractivity contribution >= 4 is 17.7 Å². The fourth-order valence-electron chi connectivity index (χ4n) is 4.22. The molecule has 1 fully saturated rings. The van der Waals surface area contributed by atoms with E-state index in [1.54, 1.807) is 29.2 Å². The Hall–Kier alpha value is -4.13. The smallest absolute Gasteiger partial charge is 0.250 e. The first kappa shape index (κ1) is 24.0. The maximum Gasteiger partial charge on any atom is 0.250 e. The molecule has 3 aromatic rings. The van der Waals surface area contributed by atoms with Crippen LogP contribution in [0, 0.1) is 13.8 Å². The molecule has 0 saturated carbocycles. The van der Waals surface area contributed by atoms with Gasteiger partial charge in [-0.3, -0.25) is 14.4 Å². The zero-order valence-electron chi connectivity index (χ0n) is 19.9. The molecular formula is C28H29N3O4. The van der Waals surface area contributed by atoms with Gasteiger partial charge in [0.15, 0.2) is 0 Å². The summed E-state index contributed by atoms with van der Waals surface area (Å²) in [5, 5.41) is 12.4. The minimum absolute atomic E-state index is 0.132. The number of phenols is 1. The van der Waals surface area contributed by atoms with Crippen LogP contribution in [0.25, 0.3) is 0 Å². The minimum Gasteiger partial charge on any atom is -0.508 e. The van der Waals surface area contributed by atoms with Crippen molar-refractivity contribution in [3.8, 4) is 5.75 Å². The van der Waals surface area contributed by atoms with Crippen LogP contribution in [-0.2, 0) is 27.5 Å². The van der Waals surface area contributed by atoms with Gasteiger partial charge >= 0.3 is 0 Å². The number of nitrogens with one attached hydrogen (secondary N) is 1. The summed E-state index contributed by atoms with van der Waals surface area (Å²) in [6.07, 6.45) is 0. The van der Waals surface area contributed by atoms with Crippen LogP contribution in [0.4, 0.5) is 0 Å². The van der Waals surface area contributed by atoms with Crippen LogP contribution in [0.3, 0.4) is 0 Å². The van der Waals surface area contributed by atoms with Gasteiger partial charge in [-0.2, -0.15) is 0 Å². The van der Waals surface area contributed by atoms with Gasteiger partial charge in [0.2, 0.25) is 11.8 Å². The zero-order chi connectivity index (χ0) is 24.9. The van der Waals surface area contributed by atoms with Crippen molar-refractivity contribution in [2.75, 3.05) is 13.1 Å². The first-order valence-corrected chi connectivity index (χ1v) is 11.6. The lowest BCUT2D eigenvalue weighted by molar-refractivity contribution is -0.158. The number of hydrogen-bond donors (Lipinski definition) is 2. The largest absolute Gasteiger partial charge is 0.508 e. The van der Waals surface area contributed by atoms with Crippen molar-refractivity contribution in [3.05, 3.63) is 101 Å². The predicted octanol–water partition coefficient (Wildman–Crippen LogP) is 3.24. The van der Waals surface area contributed by atoms with Crippen molar-refractivity contribution in [1.29, 1.82) is 0 Å². The monoisotopic (exact) mass is 471 g/mol. The lowest BCUT2D eigenvalue weighted by Crippen LogP contribution is -2.57. The van der Waals surface area contributed by atoms with Gasteiger partial charge in [-0.1, -0.05) is 66.2 Å². The summed E-state index contributed by atoms with van der Waals surface area (Å²) in [5.41, 5.74) is 4.51. The SMILES string of the molecule is Cc1ccc(CNC(=O)CN2CC(=O)N(Cc3ccc(O)cc3)C(c3ccccc3C)C2=O)cc1. The normalized spacial score (nSPS) is 15.9. The molecule has 3 aromatic carbocycles. The zero-order valence-corrected chi connectivity index (χ0v) is 19.9. The number of benzene rings is 3. The van der Waals surface area contributed by atoms with Gasteiger partial charge in [-0.15, -0.1) is 0 Å². The number of aromatic hydroxyl groups is 1. The number of amides is 3. The van der Waals surface area contributed by atoms with Crippen LogP contribution in [-0.4, -0.2) is 45.7 Å². The quantitative estimate of drug-likeness (QED) is 0.554. The highest BCUT2D eigenvalue weighted by atomic mass is 16.3.